The zero-order valence-electron chi connectivity index (χ0n) is 10.5. The SMILES string of the molecule is Cc1cc(C)cc(C(Cl)c2cc(Cl)c(Br)cc2F)c1. The van der Waals surface area contributed by atoms with E-state index >= 15 is 0 Å². The molecule has 0 saturated carbocycles. The molecule has 0 aliphatic carbocycles. The first-order valence-electron chi connectivity index (χ1n) is 5.75. The van der Waals surface area contributed by atoms with Gasteiger partial charge in [-0.05, 0) is 47.5 Å². The fourth-order valence-corrected chi connectivity index (χ4v) is 2.85. The van der Waals surface area contributed by atoms with Crippen molar-refractivity contribution in [1.82, 2.24) is 0 Å². The first-order chi connectivity index (χ1) is 8.88. The monoisotopic (exact) mass is 360 g/mol. The van der Waals surface area contributed by atoms with Crippen LogP contribution >= 0.6 is 39.1 Å². The highest BCUT2D eigenvalue weighted by molar-refractivity contribution is 9.10. The van der Waals surface area contributed by atoms with E-state index in [1.165, 1.54) is 6.07 Å². The van der Waals surface area contributed by atoms with Crippen molar-refractivity contribution < 1.29 is 4.39 Å². The van der Waals surface area contributed by atoms with Gasteiger partial charge < -0.3 is 0 Å². The van der Waals surface area contributed by atoms with Crippen LogP contribution in [0.2, 0.25) is 5.02 Å². The van der Waals surface area contributed by atoms with Crippen LogP contribution in [0.25, 0.3) is 0 Å². The molecule has 2 aromatic rings. The molecule has 0 aromatic heterocycles. The molecule has 2 rings (SSSR count). The molecule has 0 bridgehead atoms. The van der Waals surface area contributed by atoms with Crippen LogP contribution < -0.4 is 0 Å². The van der Waals surface area contributed by atoms with Crippen molar-refractivity contribution in [2.24, 2.45) is 0 Å². The molecule has 1 unspecified atom stereocenters. The lowest BCUT2D eigenvalue weighted by Gasteiger charge is -2.14. The van der Waals surface area contributed by atoms with Crippen molar-refractivity contribution in [3.63, 3.8) is 0 Å². The van der Waals surface area contributed by atoms with Gasteiger partial charge in [0.2, 0.25) is 0 Å². The van der Waals surface area contributed by atoms with Crippen molar-refractivity contribution in [3.8, 4) is 0 Å². The minimum absolute atomic E-state index is 0.365. The van der Waals surface area contributed by atoms with Crippen molar-refractivity contribution in [3.05, 3.63) is 67.9 Å². The minimum Gasteiger partial charge on any atom is -0.207 e. The van der Waals surface area contributed by atoms with Gasteiger partial charge in [0.15, 0.2) is 0 Å². The van der Waals surface area contributed by atoms with Gasteiger partial charge in [-0.1, -0.05) is 40.9 Å². The molecule has 4 heteroatoms. The smallest absolute Gasteiger partial charge is 0.129 e. The van der Waals surface area contributed by atoms with Gasteiger partial charge in [0.25, 0.3) is 0 Å². The first-order valence-corrected chi connectivity index (χ1v) is 7.36. The Kier molecular flexibility index (Phi) is 4.54. The summed E-state index contributed by atoms with van der Waals surface area (Å²) in [5.74, 6) is -0.365. The minimum atomic E-state index is -0.552. The molecule has 0 heterocycles. The molecular formula is C15H12BrCl2F. The maximum atomic E-state index is 14.0. The van der Waals surface area contributed by atoms with Gasteiger partial charge in [0.05, 0.1) is 10.4 Å². The molecule has 0 saturated heterocycles. The summed E-state index contributed by atoms with van der Waals surface area (Å²) < 4.78 is 14.5. The van der Waals surface area contributed by atoms with Crippen molar-refractivity contribution in [2.45, 2.75) is 19.2 Å². The Balaban J connectivity index is 2.49. The molecule has 100 valence electrons. The van der Waals surface area contributed by atoms with Gasteiger partial charge in [-0.3, -0.25) is 0 Å². The fraction of sp³-hybridized carbons (Fsp3) is 0.200. The van der Waals surface area contributed by atoms with E-state index in [0.29, 0.717) is 15.1 Å². The lowest BCUT2D eigenvalue weighted by molar-refractivity contribution is 0.611. The fourth-order valence-electron chi connectivity index (χ4n) is 2.07. The average Bonchev–Trinajstić information content (AvgIpc) is 2.31. The van der Waals surface area contributed by atoms with Gasteiger partial charge in [0, 0.05) is 10.0 Å². The number of hydrogen-bond acceptors (Lipinski definition) is 0. The summed E-state index contributed by atoms with van der Waals surface area (Å²) in [7, 11) is 0. The average molecular weight is 362 g/mol. The van der Waals surface area contributed by atoms with E-state index < -0.39 is 5.38 Å². The Morgan fingerprint density at radius 2 is 1.63 bits per heavy atom. The molecule has 0 aliphatic rings. The summed E-state index contributed by atoms with van der Waals surface area (Å²) in [4.78, 5) is 0. The van der Waals surface area contributed by atoms with Crippen molar-refractivity contribution >= 4 is 39.1 Å². The number of hydrogen-bond donors (Lipinski definition) is 0. The Bertz CT molecular complexity index is 606. The maximum Gasteiger partial charge on any atom is 0.129 e. The number of rotatable bonds is 2. The summed E-state index contributed by atoms with van der Waals surface area (Å²) >= 11 is 15.6. The second-order valence-electron chi connectivity index (χ2n) is 4.57. The van der Waals surface area contributed by atoms with E-state index in [9.17, 15) is 4.39 Å². The zero-order valence-corrected chi connectivity index (χ0v) is 13.6. The Morgan fingerprint density at radius 3 is 2.21 bits per heavy atom. The van der Waals surface area contributed by atoms with E-state index in [2.05, 4.69) is 22.0 Å². The molecule has 2 aromatic carbocycles. The van der Waals surface area contributed by atoms with Gasteiger partial charge >= 0.3 is 0 Å². The van der Waals surface area contributed by atoms with Gasteiger partial charge in [-0.25, -0.2) is 4.39 Å². The Morgan fingerprint density at radius 1 is 1.05 bits per heavy atom. The van der Waals surface area contributed by atoms with E-state index in [4.69, 9.17) is 23.2 Å². The molecule has 0 radical (unpaired) electrons. The van der Waals surface area contributed by atoms with Gasteiger partial charge in [0.1, 0.15) is 5.82 Å². The molecule has 0 amide bonds. The second kappa shape index (κ2) is 5.82. The number of aryl methyl sites for hydroxylation is 2. The summed E-state index contributed by atoms with van der Waals surface area (Å²) in [6.07, 6.45) is 0. The number of halogens is 4. The van der Waals surface area contributed by atoms with Crippen LogP contribution in [0.15, 0.2) is 34.8 Å². The highest BCUT2D eigenvalue weighted by atomic mass is 79.9. The van der Waals surface area contributed by atoms with Crippen LogP contribution in [-0.4, -0.2) is 0 Å². The van der Waals surface area contributed by atoms with Crippen LogP contribution in [0.3, 0.4) is 0 Å². The lowest BCUT2D eigenvalue weighted by Crippen LogP contribution is -1.99. The molecule has 1 atom stereocenters. The number of alkyl halides is 1. The van der Waals surface area contributed by atoms with Crippen LogP contribution in [-0.2, 0) is 0 Å². The van der Waals surface area contributed by atoms with Gasteiger partial charge in [-0.2, -0.15) is 0 Å². The predicted molar refractivity (Wildman–Crippen MR) is 82.7 cm³/mol. The maximum absolute atomic E-state index is 14.0. The van der Waals surface area contributed by atoms with E-state index in [0.717, 1.165) is 16.7 Å². The molecule has 0 fully saturated rings. The van der Waals surface area contributed by atoms with Gasteiger partial charge in [-0.15, -0.1) is 11.6 Å². The molecule has 0 nitrogen and oxygen atoms in total. The highest BCUT2D eigenvalue weighted by Gasteiger charge is 2.17. The highest BCUT2D eigenvalue weighted by Crippen LogP contribution is 2.35. The van der Waals surface area contributed by atoms with Crippen LogP contribution in [0, 0.1) is 19.7 Å². The first kappa shape index (κ1) is 14.8. The largest absolute Gasteiger partial charge is 0.207 e. The molecule has 0 aliphatic heterocycles. The topological polar surface area (TPSA) is 0 Å². The van der Waals surface area contributed by atoms with E-state index in [-0.39, 0.29) is 5.82 Å². The zero-order chi connectivity index (χ0) is 14.2. The van der Waals surface area contributed by atoms with Crippen LogP contribution in [0.1, 0.15) is 27.6 Å². The molecule has 0 spiro atoms. The predicted octanol–water partition coefficient (Wildman–Crippen LogP) is 6.19. The van der Waals surface area contributed by atoms with E-state index in [1.54, 1.807) is 6.07 Å². The summed E-state index contributed by atoms with van der Waals surface area (Å²) in [5, 5.41) is -0.101. The van der Waals surface area contributed by atoms with Crippen LogP contribution in [0.4, 0.5) is 4.39 Å². The Labute approximate surface area is 130 Å². The van der Waals surface area contributed by atoms with Crippen LogP contribution in [0.5, 0.6) is 0 Å². The third-order valence-electron chi connectivity index (χ3n) is 2.85. The summed E-state index contributed by atoms with van der Waals surface area (Å²) in [6.45, 7) is 3.98. The number of benzene rings is 2. The molecular weight excluding hydrogens is 350 g/mol. The lowest BCUT2D eigenvalue weighted by atomic mass is 10.00. The summed E-state index contributed by atoms with van der Waals surface area (Å²) in [6, 6.07) is 8.88. The van der Waals surface area contributed by atoms with Crippen molar-refractivity contribution in [1.29, 1.82) is 0 Å². The standard InChI is InChI=1S/C15H12BrCl2F/c1-8-3-9(2)5-10(4-8)15(18)11-6-13(17)12(16)7-14(11)19/h3-7,15H,1-2H3. The van der Waals surface area contributed by atoms with Crippen molar-refractivity contribution in [2.75, 3.05) is 0 Å². The quantitative estimate of drug-likeness (QED) is 0.442. The molecule has 19 heavy (non-hydrogen) atoms. The van der Waals surface area contributed by atoms with E-state index in [1.807, 2.05) is 26.0 Å². The third kappa shape index (κ3) is 3.31. The molecule has 0 N–H and O–H groups in total. The normalized spacial score (nSPS) is 12.5. The Hall–Kier alpha value is -0.570. The third-order valence-corrected chi connectivity index (χ3v) is 4.53. The second-order valence-corrected chi connectivity index (χ2v) is 6.27. The summed E-state index contributed by atoms with van der Waals surface area (Å²) in [5.41, 5.74) is 3.46.